The highest BCUT2D eigenvalue weighted by molar-refractivity contribution is 5.62. The number of methoxy groups -OCH3 is 4. The molecule has 2 aromatic rings. The SMILES string of the molecule is COc1ccc2c(c1OC)CN1CCc3c(cc(OC)c(OC)c3OC3OC(CO)C(O)C(O)C3O)C1C2. The Balaban J connectivity index is 1.55. The van der Waals surface area contributed by atoms with E-state index in [1.807, 2.05) is 12.1 Å². The third-order valence-electron chi connectivity index (χ3n) is 7.81. The fourth-order valence-corrected chi connectivity index (χ4v) is 5.82. The lowest BCUT2D eigenvalue weighted by Crippen LogP contribution is -2.60. The number of hydrogen-bond acceptors (Lipinski definition) is 11. The van der Waals surface area contributed by atoms with Crippen LogP contribution in [0.15, 0.2) is 18.2 Å². The van der Waals surface area contributed by atoms with Crippen LogP contribution in [0.1, 0.15) is 28.3 Å². The van der Waals surface area contributed by atoms with Gasteiger partial charge in [-0.05, 0) is 36.1 Å². The molecule has 11 nitrogen and oxygen atoms in total. The number of ether oxygens (including phenoxy) is 6. The number of aliphatic hydroxyl groups is 4. The normalized spacial score (nSPS) is 28.5. The molecule has 3 aliphatic heterocycles. The molecule has 11 heteroatoms. The van der Waals surface area contributed by atoms with E-state index in [-0.39, 0.29) is 6.04 Å². The molecule has 0 amide bonds. The van der Waals surface area contributed by atoms with Gasteiger partial charge in [0.25, 0.3) is 0 Å². The fraction of sp³-hybridized carbons (Fsp3) is 0.556. The summed E-state index contributed by atoms with van der Waals surface area (Å²) >= 11 is 0. The predicted octanol–water partition coefficient (Wildman–Crippen LogP) is 0.555. The maximum Gasteiger partial charge on any atom is 0.229 e. The van der Waals surface area contributed by atoms with Crippen molar-refractivity contribution in [3.63, 3.8) is 0 Å². The maximum atomic E-state index is 10.6. The van der Waals surface area contributed by atoms with Crippen LogP contribution in [0.3, 0.4) is 0 Å². The van der Waals surface area contributed by atoms with Gasteiger partial charge in [-0.15, -0.1) is 0 Å². The molecule has 0 spiro atoms. The minimum absolute atomic E-state index is 0.0151. The minimum Gasteiger partial charge on any atom is -0.493 e. The molecule has 0 bridgehead atoms. The zero-order valence-electron chi connectivity index (χ0n) is 21.9. The van der Waals surface area contributed by atoms with Crippen molar-refractivity contribution in [2.24, 2.45) is 0 Å². The Morgan fingerprint density at radius 3 is 2.26 bits per heavy atom. The monoisotopic (exact) mass is 533 g/mol. The van der Waals surface area contributed by atoms with Gasteiger partial charge in [0.2, 0.25) is 12.0 Å². The van der Waals surface area contributed by atoms with Gasteiger partial charge < -0.3 is 48.8 Å². The maximum absolute atomic E-state index is 10.6. The smallest absolute Gasteiger partial charge is 0.229 e. The van der Waals surface area contributed by atoms with Gasteiger partial charge in [0.05, 0.1) is 35.0 Å². The lowest BCUT2D eigenvalue weighted by molar-refractivity contribution is -0.277. The van der Waals surface area contributed by atoms with Gasteiger partial charge >= 0.3 is 0 Å². The van der Waals surface area contributed by atoms with Crippen molar-refractivity contribution in [3.8, 4) is 28.7 Å². The minimum atomic E-state index is -1.56. The Kier molecular flexibility index (Phi) is 7.58. The molecule has 38 heavy (non-hydrogen) atoms. The van der Waals surface area contributed by atoms with Crippen molar-refractivity contribution in [2.75, 3.05) is 41.6 Å². The number of benzene rings is 2. The van der Waals surface area contributed by atoms with Gasteiger partial charge in [-0.1, -0.05) is 6.07 Å². The van der Waals surface area contributed by atoms with Crippen molar-refractivity contribution in [2.45, 2.75) is 56.1 Å². The topological polar surface area (TPSA) is 140 Å². The number of fused-ring (bicyclic) bond motifs is 4. The highest BCUT2D eigenvalue weighted by Gasteiger charge is 2.46. The van der Waals surface area contributed by atoms with Gasteiger partial charge in [-0.3, -0.25) is 4.90 Å². The summed E-state index contributed by atoms with van der Waals surface area (Å²) in [7, 11) is 6.31. The van der Waals surface area contributed by atoms with Crippen LogP contribution in [0, 0.1) is 0 Å². The summed E-state index contributed by atoms with van der Waals surface area (Å²) in [6.45, 7) is 0.845. The summed E-state index contributed by atoms with van der Waals surface area (Å²) in [4.78, 5) is 2.37. The van der Waals surface area contributed by atoms with Gasteiger partial charge in [-0.25, -0.2) is 0 Å². The van der Waals surface area contributed by atoms with Crippen molar-refractivity contribution in [1.29, 1.82) is 0 Å². The van der Waals surface area contributed by atoms with Gasteiger partial charge in [0.1, 0.15) is 24.4 Å². The van der Waals surface area contributed by atoms with Gasteiger partial charge in [0, 0.05) is 30.3 Å². The summed E-state index contributed by atoms with van der Waals surface area (Å²) in [5.41, 5.74) is 4.13. The highest BCUT2D eigenvalue weighted by atomic mass is 16.7. The molecule has 1 saturated heterocycles. The molecule has 208 valence electrons. The number of rotatable bonds is 7. The number of nitrogens with zero attached hydrogens (tertiary/aromatic N) is 1. The first-order valence-corrected chi connectivity index (χ1v) is 12.6. The summed E-state index contributed by atoms with van der Waals surface area (Å²) in [6, 6.07) is 5.95. The van der Waals surface area contributed by atoms with E-state index in [0.29, 0.717) is 36.0 Å². The molecule has 0 saturated carbocycles. The summed E-state index contributed by atoms with van der Waals surface area (Å²) in [6.07, 6.45) is -5.71. The number of hydrogen-bond donors (Lipinski definition) is 4. The van der Waals surface area contributed by atoms with E-state index in [0.717, 1.165) is 41.0 Å². The zero-order valence-corrected chi connectivity index (χ0v) is 21.9. The Bertz CT molecular complexity index is 1170. The third kappa shape index (κ3) is 4.33. The highest BCUT2D eigenvalue weighted by Crippen LogP contribution is 2.50. The van der Waals surface area contributed by atoms with Crippen LogP contribution >= 0.6 is 0 Å². The van der Waals surface area contributed by atoms with E-state index in [1.54, 1.807) is 14.2 Å². The average molecular weight is 534 g/mol. The summed E-state index contributed by atoms with van der Waals surface area (Å²) < 4.78 is 34.3. The summed E-state index contributed by atoms with van der Waals surface area (Å²) in [5, 5.41) is 40.7. The van der Waals surface area contributed by atoms with Crippen LogP contribution in [0.25, 0.3) is 0 Å². The first-order valence-electron chi connectivity index (χ1n) is 12.6. The quantitative estimate of drug-likeness (QED) is 0.397. The second-order valence-electron chi connectivity index (χ2n) is 9.70. The Morgan fingerprint density at radius 2 is 1.61 bits per heavy atom. The van der Waals surface area contributed by atoms with Crippen LogP contribution in [0.5, 0.6) is 28.7 Å². The van der Waals surface area contributed by atoms with Crippen LogP contribution in [-0.4, -0.2) is 97.6 Å². The lowest BCUT2D eigenvalue weighted by atomic mass is 9.83. The largest absolute Gasteiger partial charge is 0.493 e. The van der Waals surface area contributed by atoms with Gasteiger partial charge in [-0.2, -0.15) is 0 Å². The van der Waals surface area contributed by atoms with Crippen molar-refractivity contribution in [3.05, 3.63) is 40.5 Å². The van der Waals surface area contributed by atoms with Crippen LogP contribution in [-0.2, 0) is 24.1 Å². The van der Waals surface area contributed by atoms with E-state index < -0.39 is 37.3 Å². The molecule has 6 unspecified atom stereocenters. The van der Waals surface area contributed by atoms with Crippen LogP contribution in [0.2, 0.25) is 0 Å². The molecule has 1 fully saturated rings. The first kappa shape index (κ1) is 26.8. The molecular formula is C27H35NO10. The lowest BCUT2D eigenvalue weighted by Gasteiger charge is -2.43. The van der Waals surface area contributed by atoms with Crippen molar-refractivity contribution >= 4 is 0 Å². The standard InChI is InChI=1S/C27H35NO10/c1-33-18-6-5-13-9-17-15-10-19(34-2)26(36-4)25(14(15)7-8-28(17)11-16(13)24(18)35-3)38-27-23(32)22(31)21(30)20(12-29)37-27/h5-6,10,17,20-23,27,29-32H,7-9,11-12H2,1-4H3. The molecule has 2 aromatic carbocycles. The van der Waals surface area contributed by atoms with Crippen LogP contribution < -0.4 is 23.7 Å². The molecule has 5 rings (SSSR count). The molecule has 6 atom stereocenters. The Hall–Kier alpha value is -2.80. The second kappa shape index (κ2) is 10.8. The molecule has 3 aliphatic rings. The van der Waals surface area contributed by atoms with E-state index in [2.05, 4.69) is 11.0 Å². The molecule has 3 heterocycles. The third-order valence-corrected chi connectivity index (χ3v) is 7.81. The second-order valence-corrected chi connectivity index (χ2v) is 9.70. The Morgan fingerprint density at radius 1 is 0.868 bits per heavy atom. The molecule has 0 aromatic heterocycles. The predicted molar refractivity (Wildman–Crippen MR) is 134 cm³/mol. The van der Waals surface area contributed by atoms with Crippen molar-refractivity contribution in [1.82, 2.24) is 4.90 Å². The number of aliphatic hydroxyl groups excluding tert-OH is 4. The van der Waals surface area contributed by atoms with Crippen molar-refractivity contribution < 1.29 is 48.8 Å². The zero-order chi connectivity index (χ0) is 27.1. The molecule has 4 N–H and O–H groups in total. The molecular weight excluding hydrogens is 498 g/mol. The van der Waals surface area contributed by atoms with E-state index in [9.17, 15) is 20.4 Å². The molecule has 0 radical (unpaired) electrons. The van der Waals surface area contributed by atoms with E-state index in [4.69, 9.17) is 28.4 Å². The first-order chi connectivity index (χ1) is 18.4. The van der Waals surface area contributed by atoms with Crippen LogP contribution in [0.4, 0.5) is 0 Å². The summed E-state index contributed by atoms with van der Waals surface area (Å²) in [5.74, 6) is 2.56. The fourth-order valence-electron chi connectivity index (χ4n) is 5.82. The van der Waals surface area contributed by atoms with Gasteiger partial charge in [0.15, 0.2) is 23.0 Å². The average Bonchev–Trinajstić information content (AvgIpc) is 2.94. The molecule has 0 aliphatic carbocycles. The van der Waals surface area contributed by atoms with E-state index in [1.165, 1.54) is 14.2 Å². The van der Waals surface area contributed by atoms with E-state index >= 15 is 0 Å². The Labute approximate surface area is 221 Å².